The summed E-state index contributed by atoms with van der Waals surface area (Å²) in [6.07, 6.45) is 3.78. The van der Waals surface area contributed by atoms with Crippen molar-refractivity contribution in [2.24, 2.45) is 0 Å². The van der Waals surface area contributed by atoms with E-state index in [4.69, 9.17) is 4.74 Å². The maximum atomic E-state index is 5.42. The van der Waals surface area contributed by atoms with Crippen LogP contribution >= 0.6 is 0 Å². The van der Waals surface area contributed by atoms with Gasteiger partial charge in [0, 0.05) is 17.9 Å². The summed E-state index contributed by atoms with van der Waals surface area (Å²) in [5, 5.41) is 4.80. The number of nitrogens with one attached hydrogen (secondary N) is 2. The second-order valence-corrected chi connectivity index (χ2v) is 6.35. The molecule has 0 spiro atoms. The highest BCUT2D eigenvalue weighted by molar-refractivity contribution is 5.80. The fourth-order valence-corrected chi connectivity index (χ4v) is 3.21. The summed E-state index contributed by atoms with van der Waals surface area (Å²) in [5.74, 6) is 1.73. The number of fused-ring (bicyclic) bond motifs is 1. The Morgan fingerprint density at radius 2 is 1.88 bits per heavy atom. The van der Waals surface area contributed by atoms with Gasteiger partial charge < -0.3 is 15.0 Å². The van der Waals surface area contributed by atoms with Gasteiger partial charge in [-0.2, -0.15) is 0 Å². The zero-order valence-electron chi connectivity index (χ0n) is 14.9. The van der Waals surface area contributed by atoms with E-state index in [0.717, 1.165) is 28.2 Å². The van der Waals surface area contributed by atoms with Crippen LogP contribution in [0.15, 0.2) is 73.1 Å². The average molecular weight is 343 g/mol. The van der Waals surface area contributed by atoms with Crippen molar-refractivity contribution in [3.63, 3.8) is 0 Å². The second-order valence-electron chi connectivity index (χ2n) is 6.35. The van der Waals surface area contributed by atoms with Crippen LogP contribution in [-0.2, 0) is 0 Å². The first-order valence-corrected chi connectivity index (χ1v) is 8.64. The predicted molar refractivity (Wildman–Crippen MR) is 106 cm³/mol. The van der Waals surface area contributed by atoms with Crippen LogP contribution < -0.4 is 10.1 Å². The number of pyridine rings is 1. The van der Waals surface area contributed by atoms with E-state index >= 15 is 0 Å². The standard InChI is InChI=1S/C22H21N3O/c1-15-5-4-11-24-22(15)25-21(17-6-3-7-19(14-17)26-2)18-8-9-20-16(13-18)10-12-23-20/h3-14,21,23H,1-2H3,(H,24,25). The minimum atomic E-state index is -0.0296. The van der Waals surface area contributed by atoms with Crippen LogP contribution in [0.5, 0.6) is 5.75 Å². The smallest absolute Gasteiger partial charge is 0.129 e. The van der Waals surface area contributed by atoms with E-state index in [1.165, 1.54) is 10.9 Å². The van der Waals surface area contributed by atoms with Crippen molar-refractivity contribution in [2.75, 3.05) is 12.4 Å². The Morgan fingerprint density at radius 3 is 2.73 bits per heavy atom. The third kappa shape index (κ3) is 3.14. The SMILES string of the molecule is COc1cccc(C(Nc2ncccc2C)c2ccc3[nH]ccc3c2)c1. The molecule has 26 heavy (non-hydrogen) atoms. The van der Waals surface area contributed by atoms with Gasteiger partial charge in [0.25, 0.3) is 0 Å². The number of aromatic amines is 1. The minimum Gasteiger partial charge on any atom is -0.497 e. The topological polar surface area (TPSA) is 49.9 Å². The van der Waals surface area contributed by atoms with Gasteiger partial charge in [0.05, 0.1) is 13.2 Å². The summed E-state index contributed by atoms with van der Waals surface area (Å²) in [6.45, 7) is 2.06. The Kier molecular flexibility index (Phi) is 4.32. The molecule has 0 aliphatic carbocycles. The molecule has 2 heterocycles. The van der Waals surface area contributed by atoms with Gasteiger partial charge in [-0.3, -0.25) is 0 Å². The third-order valence-corrected chi connectivity index (χ3v) is 4.63. The largest absolute Gasteiger partial charge is 0.497 e. The number of anilines is 1. The normalized spacial score (nSPS) is 12.1. The summed E-state index contributed by atoms with van der Waals surface area (Å²) in [7, 11) is 1.69. The molecule has 1 atom stereocenters. The summed E-state index contributed by atoms with van der Waals surface area (Å²) in [5.41, 5.74) is 4.55. The van der Waals surface area contributed by atoms with Gasteiger partial charge in [-0.1, -0.05) is 24.3 Å². The van der Waals surface area contributed by atoms with Gasteiger partial charge in [-0.25, -0.2) is 4.98 Å². The van der Waals surface area contributed by atoms with E-state index in [1.54, 1.807) is 7.11 Å². The number of nitrogens with zero attached hydrogens (tertiary/aromatic N) is 1. The zero-order valence-corrected chi connectivity index (χ0v) is 14.9. The highest BCUT2D eigenvalue weighted by atomic mass is 16.5. The van der Waals surface area contributed by atoms with Crippen LogP contribution in [0.25, 0.3) is 10.9 Å². The molecule has 2 aromatic carbocycles. The zero-order chi connectivity index (χ0) is 17.9. The number of ether oxygens (including phenoxy) is 1. The molecule has 4 rings (SSSR count). The molecule has 0 saturated heterocycles. The molecule has 4 nitrogen and oxygen atoms in total. The molecule has 0 fully saturated rings. The molecule has 0 amide bonds. The number of H-pyrrole nitrogens is 1. The number of hydrogen-bond donors (Lipinski definition) is 2. The molecule has 0 aliphatic heterocycles. The van der Waals surface area contributed by atoms with Crippen molar-refractivity contribution in [3.8, 4) is 5.75 Å². The first-order valence-electron chi connectivity index (χ1n) is 8.64. The molecule has 4 aromatic rings. The Labute approximate surface area is 152 Å². The predicted octanol–water partition coefficient (Wildman–Crippen LogP) is 5.08. The average Bonchev–Trinajstić information content (AvgIpc) is 3.15. The van der Waals surface area contributed by atoms with E-state index in [0.29, 0.717) is 0 Å². The van der Waals surface area contributed by atoms with Crippen molar-refractivity contribution < 1.29 is 4.74 Å². The van der Waals surface area contributed by atoms with Gasteiger partial charge in [0.1, 0.15) is 11.6 Å². The molecule has 0 aliphatic rings. The minimum absolute atomic E-state index is 0.0296. The van der Waals surface area contributed by atoms with Crippen LogP contribution in [0.2, 0.25) is 0 Å². The van der Waals surface area contributed by atoms with Crippen molar-refractivity contribution in [3.05, 3.63) is 89.7 Å². The highest BCUT2D eigenvalue weighted by Crippen LogP contribution is 2.31. The van der Waals surface area contributed by atoms with E-state index in [1.807, 2.05) is 30.6 Å². The Morgan fingerprint density at radius 1 is 1.00 bits per heavy atom. The van der Waals surface area contributed by atoms with Crippen LogP contribution in [0.1, 0.15) is 22.7 Å². The summed E-state index contributed by atoms with van der Waals surface area (Å²) < 4.78 is 5.42. The van der Waals surface area contributed by atoms with Crippen molar-refractivity contribution >= 4 is 16.7 Å². The van der Waals surface area contributed by atoms with Crippen molar-refractivity contribution in [2.45, 2.75) is 13.0 Å². The maximum Gasteiger partial charge on any atom is 0.129 e. The number of aromatic nitrogens is 2. The molecule has 2 N–H and O–H groups in total. The molecule has 0 bridgehead atoms. The second kappa shape index (κ2) is 6.92. The van der Waals surface area contributed by atoms with E-state index in [-0.39, 0.29) is 6.04 Å². The molecule has 1 unspecified atom stereocenters. The van der Waals surface area contributed by atoms with E-state index in [2.05, 4.69) is 64.7 Å². The lowest BCUT2D eigenvalue weighted by atomic mass is 9.97. The van der Waals surface area contributed by atoms with Crippen LogP contribution in [0.4, 0.5) is 5.82 Å². The molecule has 130 valence electrons. The van der Waals surface area contributed by atoms with Gasteiger partial charge in [0.15, 0.2) is 0 Å². The van der Waals surface area contributed by atoms with Crippen molar-refractivity contribution in [1.82, 2.24) is 9.97 Å². The maximum absolute atomic E-state index is 5.42. The quantitative estimate of drug-likeness (QED) is 0.531. The van der Waals surface area contributed by atoms with Crippen LogP contribution in [0.3, 0.4) is 0 Å². The molecule has 4 heteroatoms. The monoisotopic (exact) mass is 343 g/mol. The third-order valence-electron chi connectivity index (χ3n) is 4.63. The lowest BCUT2D eigenvalue weighted by molar-refractivity contribution is 0.414. The summed E-state index contributed by atoms with van der Waals surface area (Å²) in [4.78, 5) is 7.77. The number of hydrogen-bond acceptors (Lipinski definition) is 3. The Balaban J connectivity index is 1.81. The molecule has 0 radical (unpaired) electrons. The number of rotatable bonds is 5. The number of benzene rings is 2. The van der Waals surface area contributed by atoms with Crippen LogP contribution in [0, 0.1) is 6.92 Å². The molecule has 0 saturated carbocycles. The fourth-order valence-electron chi connectivity index (χ4n) is 3.21. The first-order chi connectivity index (χ1) is 12.7. The molecular weight excluding hydrogens is 322 g/mol. The van der Waals surface area contributed by atoms with Gasteiger partial charge in [0.2, 0.25) is 0 Å². The number of methoxy groups -OCH3 is 1. The van der Waals surface area contributed by atoms with E-state index < -0.39 is 0 Å². The Bertz CT molecular complexity index is 1040. The van der Waals surface area contributed by atoms with Gasteiger partial charge in [-0.05, 0) is 65.4 Å². The number of aryl methyl sites for hydroxylation is 1. The summed E-state index contributed by atoms with van der Waals surface area (Å²) in [6, 6.07) is 20.7. The van der Waals surface area contributed by atoms with Gasteiger partial charge in [-0.15, -0.1) is 0 Å². The lowest BCUT2D eigenvalue weighted by Gasteiger charge is -2.22. The first kappa shape index (κ1) is 16.2. The fraction of sp³-hybridized carbons (Fsp3) is 0.136. The van der Waals surface area contributed by atoms with Crippen LogP contribution in [-0.4, -0.2) is 17.1 Å². The van der Waals surface area contributed by atoms with E-state index in [9.17, 15) is 0 Å². The Hall–Kier alpha value is -3.27. The lowest BCUT2D eigenvalue weighted by Crippen LogP contribution is -2.14. The highest BCUT2D eigenvalue weighted by Gasteiger charge is 2.17. The van der Waals surface area contributed by atoms with Gasteiger partial charge >= 0.3 is 0 Å². The molecule has 2 aromatic heterocycles. The summed E-state index contributed by atoms with van der Waals surface area (Å²) >= 11 is 0. The van der Waals surface area contributed by atoms with Crippen molar-refractivity contribution in [1.29, 1.82) is 0 Å². The molecular formula is C22H21N3O.